The fraction of sp³-hybridized carbons (Fsp3) is 0.188. The molecule has 0 amide bonds. The third-order valence-electron chi connectivity index (χ3n) is 3.24. The topological polar surface area (TPSA) is 52.3 Å². The summed E-state index contributed by atoms with van der Waals surface area (Å²) in [5, 5.41) is 0. The van der Waals surface area contributed by atoms with Crippen LogP contribution in [0.25, 0.3) is 0 Å². The van der Waals surface area contributed by atoms with Gasteiger partial charge in [0.05, 0.1) is 11.1 Å². The molecule has 0 aliphatic carbocycles. The van der Waals surface area contributed by atoms with Gasteiger partial charge in [0.25, 0.3) is 0 Å². The maximum Gasteiger partial charge on any atom is 0.338 e. The highest BCUT2D eigenvalue weighted by atomic mass is 19.1. The molecule has 2 rings (SSSR count). The predicted molar refractivity (Wildman–Crippen MR) is 75.8 cm³/mol. The van der Waals surface area contributed by atoms with E-state index >= 15 is 0 Å². The van der Waals surface area contributed by atoms with E-state index in [0.29, 0.717) is 11.3 Å². The predicted octanol–water partition coefficient (Wildman–Crippen LogP) is 3.52. The van der Waals surface area contributed by atoms with Crippen LogP contribution in [0.4, 0.5) is 14.5 Å². The van der Waals surface area contributed by atoms with Gasteiger partial charge < -0.3 is 10.5 Å². The van der Waals surface area contributed by atoms with Crippen LogP contribution < -0.4 is 5.73 Å². The van der Waals surface area contributed by atoms with Gasteiger partial charge >= 0.3 is 5.97 Å². The Balaban J connectivity index is 2.18. The molecule has 21 heavy (non-hydrogen) atoms. The van der Waals surface area contributed by atoms with Crippen molar-refractivity contribution in [1.29, 1.82) is 0 Å². The Bertz CT molecular complexity index is 679. The largest absolute Gasteiger partial charge is 0.457 e. The fourth-order valence-corrected chi connectivity index (χ4v) is 1.97. The second kappa shape index (κ2) is 5.91. The van der Waals surface area contributed by atoms with Crippen LogP contribution in [0.5, 0.6) is 0 Å². The van der Waals surface area contributed by atoms with Crippen molar-refractivity contribution < 1.29 is 18.3 Å². The van der Waals surface area contributed by atoms with Crippen LogP contribution in [0.15, 0.2) is 30.3 Å². The molecule has 0 bridgehead atoms. The van der Waals surface area contributed by atoms with E-state index in [2.05, 4.69) is 0 Å². The molecule has 2 aromatic rings. The molecule has 110 valence electrons. The second-order valence-electron chi connectivity index (χ2n) is 4.80. The Hall–Kier alpha value is -2.43. The van der Waals surface area contributed by atoms with Crippen molar-refractivity contribution >= 4 is 11.7 Å². The molecular formula is C16H15F2NO2. The lowest BCUT2D eigenvalue weighted by Crippen LogP contribution is -2.10. The Labute approximate surface area is 121 Å². The summed E-state index contributed by atoms with van der Waals surface area (Å²) in [5.74, 6) is -2.16. The van der Waals surface area contributed by atoms with Crippen molar-refractivity contribution in [2.24, 2.45) is 0 Å². The summed E-state index contributed by atoms with van der Waals surface area (Å²) >= 11 is 0. The van der Waals surface area contributed by atoms with Crippen molar-refractivity contribution in [2.45, 2.75) is 20.5 Å². The number of hydrogen-bond donors (Lipinski definition) is 1. The van der Waals surface area contributed by atoms with Crippen molar-refractivity contribution in [3.8, 4) is 0 Å². The van der Waals surface area contributed by atoms with Gasteiger partial charge in [0.2, 0.25) is 0 Å². The molecule has 3 nitrogen and oxygen atoms in total. The molecule has 5 heteroatoms. The number of hydrogen-bond acceptors (Lipinski definition) is 3. The molecule has 0 aliphatic heterocycles. The van der Waals surface area contributed by atoms with Gasteiger partial charge in [-0.2, -0.15) is 0 Å². The zero-order valence-corrected chi connectivity index (χ0v) is 11.7. The number of halogens is 2. The van der Waals surface area contributed by atoms with Gasteiger partial charge in [-0.3, -0.25) is 0 Å². The Kier molecular flexibility index (Phi) is 4.21. The van der Waals surface area contributed by atoms with Crippen LogP contribution in [0.3, 0.4) is 0 Å². The minimum atomic E-state index is -0.747. The first-order chi connectivity index (χ1) is 9.90. The average Bonchev–Trinajstić information content (AvgIpc) is 2.42. The summed E-state index contributed by atoms with van der Waals surface area (Å²) in [4.78, 5) is 12.0. The summed E-state index contributed by atoms with van der Waals surface area (Å²) in [6.45, 7) is 3.10. The van der Waals surface area contributed by atoms with Crippen LogP contribution in [-0.4, -0.2) is 5.97 Å². The van der Waals surface area contributed by atoms with Crippen LogP contribution in [-0.2, 0) is 11.3 Å². The molecule has 2 aromatic carbocycles. The number of nitrogens with two attached hydrogens (primary N) is 1. The van der Waals surface area contributed by atoms with E-state index in [1.165, 1.54) is 12.1 Å². The molecule has 0 spiro atoms. The molecular weight excluding hydrogens is 276 g/mol. The van der Waals surface area contributed by atoms with Gasteiger partial charge in [0.15, 0.2) is 0 Å². The number of benzene rings is 2. The van der Waals surface area contributed by atoms with Crippen molar-refractivity contribution in [3.63, 3.8) is 0 Å². The minimum absolute atomic E-state index is 0.274. The Morgan fingerprint density at radius 2 is 1.76 bits per heavy atom. The van der Waals surface area contributed by atoms with Crippen LogP contribution in [0.1, 0.15) is 27.0 Å². The molecule has 0 atom stereocenters. The molecule has 2 N–H and O–H groups in total. The van der Waals surface area contributed by atoms with Gasteiger partial charge in [0.1, 0.15) is 18.2 Å². The molecule has 0 unspecified atom stereocenters. The molecule has 0 saturated carbocycles. The van der Waals surface area contributed by atoms with Crippen molar-refractivity contribution in [1.82, 2.24) is 0 Å². The second-order valence-corrected chi connectivity index (χ2v) is 4.80. The van der Waals surface area contributed by atoms with Gasteiger partial charge in [0, 0.05) is 5.69 Å². The summed E-state index contributed by atoms with van der Waals surface area (Å²) in [5.41, 5.74) is 7.78. The third kappa shape index (κ3) is 3.18. The smallest absolute Gasteiger partial charge is 0.338 e. The fourth-order valence-electron chi connectivity index (χ4n) is 1.97. The maximum atomic E-state index is 13.4. The van der Waals surface area contributed by atoms with E-state index in [1.807, 2.05) is 6.92 Å². The van der Waals surface area contributed by atoms with Gasteiger partial charge in [-0.1, -0.05) is 12.1 Å². The zero-order chi connectivity index (χ0) is 15.6. The summed E-state index contributed by atoms with van der Waals surface area (Å²) < 4.78 is 31.9. The van der Waals surface area contributed by atoms with Gasteiger partial charge in [-0.15, -0.1) is 0 Å². The summed E-state index contributed by atoms with van der Waals surface area (Å²) in [7, 11) is 0. The number of carbonyl (C=O) groups excluding carboxylic acids is 1. The lowest BCUT2D eigenvalue weighted by atomic mass is 10.0. The normalized spacial score (nSPS) is 10.5. The van der Waals surface area contributed by atoms with Crippen LogP contribution >= 0.6 is 0 Å². The average molecular weight is 291 g/mol. The van der Waals surface area contributed by atoms with Gasteiger partial charge in [-0.25, -0.2) is 13.6 Å². The molecule has 0 fully saturated rings. The number of esters is 1. The van der Waals surface area contributed by atoms with E-state index in [0.717, 1.165) is 17.7 Å². The highest BCUT2D eigenvalue weighted by Crippen LogP contribution is 2.20. The molecule has 0 radical (unpaired) electrons. The van der Waals surface area contributed by atoms with E-state index in [4.69, 9.17) is 10.5 Å². The van der Waals surface area contributed by atoms with E-state index in [1.54, 1.807) is 13.0 Å². The number of aryl methyl sites for hydroxylation is 2. The van der Waals surface area contributed by atoms with Crippen LogP contribution in [0, 0.1) is 25.5 Å². The van der Waals surface area contributed by atoms with Gasteiger partial charge in [-0.05, 0) is 43.2 Å². The number of rotatable bonds is 3. The quantitative estimate of drug-likeness (QED) is 0.695. The van der Waals surface area contributed by atoms with Crippen molar-refractivity contribution in [3.05, 3.63) is 64.2 Å². The first-order valence-electron chi connectivity index (χ1n) is 6.37. The summed E-state index contributed by atoms with van der Waals surface area (Å²) in [6, 6.07) is 6.74. The highest BCUT2D eigenvalue weighted by Gasteiger charge is 2.15. The maximum absolute atomic E-state index is 13.4. The van der Waals surface area contributed by atoms with E-state index < -0.39 is 24.2 Å². The van der Waals surface area contributed by atoms with E-state index in [9.17, 15) is 13.6 Å². The monoisotopic (exact) mass is 291 g/mol. The number of anilines is 1. The number of ether oxygens (including phenoxy) is 1. The number of carbonyl (C=O) groups is 1. The lowest BCUT2D eigenvalue weighted by Gasteiger charge is -2.10. The third-order valence-corrected chi connectivity index (χ3v) is 3.24. The standard InChI is InChI=1S/C16H15F2NO2/c1-9-6-10(2)15(19)7-11(9)16(20)21-8-12-13(17)4-3-5-14(12)18/h3-7H,8,19H2,1-2H3. The highest BCUT2D eigenvalue weighted by molar-refractivity contribution is 5.92. The molecule has 0 heterocycles. The molecule has 0 aromatic heterocycles. The SMILES string of the molecule is Cc1cc(C)c(C(=O)OCc2c(F)cccc2F)cc1N. The first kappa shape index (κ1) is 15.0. The Morgan fingerprint density at radius 1 is 1.14 bits per heavy atom. The van der Waals surface area contributed by atoms with Crippen molar-refractivity contribution in [2.75, 3.05) is 5.73 Å². The molecule has 0 saturated heterocycles. The molecule has 0 aliphatic rings. The lowest BCUT2D eigenvalue weighted by molar-refractivity contribution is 0.0464. The Morgan fingerprint density at radius 3 is 2.38 bits per heavy atom. The minimum Gasteiger partial charge on any atom is -0.457 e. The van der Waals surface area contributed by atoms with E-state index in [-0.39, 0.29) is 11.1 Å². The first-order valence-corrected chi connectivity index (χ1v) is 6.37. The zero-order valence-electron chi connectivity index (χ0n) is 11.7. The van der Waals surface area contributed by atoms with Crippen LogP contribution in [0.2, 0.25) is 0 Å². The summed E-state index contributed by atoms with van der Waals surface area (Å²) in [6.07, 6.45) is 0. The number of nitrogen functional groups attached to an aromatic ring is 1.